The van der Waals surface area contributed by atoms with Crippen molar-refractivity contribution >= 4 is 22.5 Å². The lowest BCUT2D eigenvalue weighted by molar-refractivity contribution is 0.126. The molecule has 1 fully saturated rings. The van der Waals surface area contributed by atoms with Gasteiger partial charge in [-0.25, -0.2) is 15.0 Å². The third kappa shape index (κ3) is 3.93. The van der Waals surface area contributed by atoms with E-state index in [1.54, 1.807) is 17.0 Å². The van der Waals surface area contributed by atoms with Crippen LogP contribution in [0.4, 0.5) is 11.8 Å². The van der Waals surface area contributed by atoms with Crippen LogP contribution < -0.4 is 16.6 Å². The van der Waals surface area contributed by atoms with Crippen LogP contribution in [0.25, 0.3) is 22.0 Å². The molecule has 4 N–H and O–H groups in total. The molecule has 0 bridgehead atoms. The summed E-state index contributed by atoms with van der Waals surface area (Å²) in [7, 11) is 0. The molecule has 8 nitrogen and oxygen atoms in total. The summed E-state index contributed by atoms with van der Waals surface area (Å²) < 4.78 is 1.71. The highest BCUT2D eigenvalue weighted by Crippen LogP contribution is 2.28. The molecule has 1 aliphatic rings. The van der Waals surface area contributed by atoms with Crippen LogP contribution in [0.1, 0.15) is 45.6 Å². The lowest BCUT2D eigenvalue weighted by Crippen LogP contribution is -2.30. The van der Waals surface area contributed by atoms with Gasteiger partial charge >= 0.3 is 0 Å². The van der Waals surface area contributed by atoms with Crippen molar-refractivity contribution in [3.05, 3.63) is 41.1 Å². The van der Waals surface area contributed by atoms with E-state index in [1.165, 1.54) is 0 Å². The minimum absolute atomic E-state index is 0.0507. The monoisotopic (exact) mass is 394 g/mol. The molecule has 152 valence electrons. The van der Waals surface area contributed by atoms with Gasteiger partial charge in [0.15, 0.2) is 0 Å². The van der Waals surface area contributed by atoms with Crippen LogP contribution in [0.15, 0.2) is 35.5 Å². The fourth-order valence-electron chi connectivity index (χ4n) is 3.82. The standard InChI is InChI=1S/C21H26N6O2/c1-12(2)27-8-7-13-9-17(14-10-23-21(22)24-11-14)26-19(18(13)20(27)29)25-15-3-5-16(28)6-4-15/h7-12,15-16,28H,3-6H2,1-2H3,(H,25,26)(H2,22,23,24). The van der Waals surface area contributed by atoms with E-state index < -0.39 is 0 Å². The summed E-state index contributed by atoms with van der Waals surface area (Å²) in [4.78, 5) is 26.1. The third-order valence-corrected chi connectivity index (χ3v) is 5.47. The number of hydrogen-bond acceptors (Lipinski definition) is 7. The highest BCUT2D eigenvalue weighted by Gasteiger charge is 2.22. The Labute approximate surface area is 168 Å². The first-order chi connectivity index (χ1) is 13.9. The van der Waals surface area contributed by atoms with Gasteiger partial charge < -0.3 is 20.7 Å². The first-order valence-electron chi connectivity index (χ1n) is 10.0. The summed E-state index contributed by atoms with van der Waals surface area (Å²) in [6.45, 7) is 3.97. The molecule has 0 aromatic carbocycles. The van der Waals surface area contributed by atoms with Crippen molar-refractivity contribution in [2.45, 2.75) is 57.7 Å². The average Bonchev–Trinajstić information content (AvgIpc) is 2.70. The van der Waals surface area contributed by atoms with Gasteiger partial charge in [-0.1, -0.05) is 0 Å². The highest BCUT2D eigenvalue weighted by molar-refractivity contribution is 5.94. The van der Waals surface area contributed by atoms with Crippen molar-refractivity contribution in [2.24, 2.45) is 0 Å². The first kappa shape index (κ1) is 19.3. The molecular formula is C21H26N6O2. The Morgan fingerprint density at radius 2 is 1.90 bits per heavy atom. The second-order valence-electron chi connectivity index (χ2n) is 7.92. The van der Waals surface area contributed by atoms with Crippen molar-refractivity contribution in [3.8, 4) is 11.3 Å². The van der Waals surface area contributed by atoms with E-state index in [2.05, 4.69) is 15.3 Å². The van der Waals surface area contributed by atoms with Crippen LogP contribution in [0.3, 0.4) is 0 Å². The molecule has 8 heteroatoms. The highest BCUT2D eigenvalue weighted by atomic mass is 16.3. The fraction of sp³-hybridized carbons (Fsp3) is 0.429. The van der Waals surface area contributed by atoms with E-state index in [0.29, 0.717) is 16.9 Å². The minimum atomic E-state index is -0.241. The third-order valence-electron chi connectivity index (χ3n) is 5.47. The molecule has 29 heavy (non-hydrogen) atoms. The lowest BCUT2D eigenvalue weighted by atomic mass is 9.93. The van der Waals surface area contributed by atoms with E-state index in [1.807, 2.05) is 32.2 Å². The van der Waals surface area contributed by atoms with Gasteiger partial charge in [-0.2, -0.15) is 0 Å². The van der Waals surface area contributed by atoms with Crippen molar-refractivity contribution in [1.29, 1.82) is 0 Å². The maximum atomic E-state index is 13.2. The summed E-state index contributed by atoms with van der Waals surface area (Å²) in [6.07, 6.45) is 8.01. The van der Waals surface area contributed by atoms with Gasteiger partial charge in [-0.3, -0.25) is 4.79 Å². The van der Waals surface area contributed by atoms with Crippen LogP contribution in [-0.4, -0.2) is 36.8 Å². The Kier molecular flexibility index (Phi) is 5.19. The molecule has 3 aromatic rings. The molecule has 0 radical (unpaired) electrons. The number of aliphatic hydroxyl groups excluding tert-OH is 1. The predicted molar refractivity (Wildman–Crippen MR) is 114 cm³/mol. The van der Waals surface area contributed by atoms with Gasteiger partial charge in [0.25, 0.3) is 5.56 Å². The van der Waals surface area contributed by atoms with Crippen LogP contribution in [-0.2, 0) is 0 Å². The smallest absolute Gasteiger partial charge is 0.262 e. The van der Waals surface area contributed by atoms with Gasteiger partial charge in [0.1, 0.15) is 5.82 Å². The molecule has 1 aliphatic carbocycles. The van der Waals surface area contributed by atoms with Crippen LogP contribution in [0.5, 0.6) is 0 Å². The molecule has 0 aliphatic heterocycles. The maximum Gasteiger partial charge on any atom is 0.262 e. The van der Waals surface area contributed by atoms with Crippen molar-refractivity contribution in [3.63, 3.8) is 0 Å². The number of nitrogens with one attached hydrogen (secondary N) is 1. The molecule has 0 saturated heterocycles. The quantitative estimate of drug-likeness (QED) is 0.622. The topological polar surface area (TPSA) is 119 Å². The van der Waals surface area contributed by atoms with E-state index in [4.69, 9.17) is 10.7 Å². The summed E-state index contributed by atoms with van der Waals surface area (Å²) >= 11 is 0. The number of hydrogen-bond donors (Lipinski definition) is 3. The molecule has 1 saturated carbocycles. The lowest BCUT2D eigenvalue weighted by Gasteiger charge is -2.27. The Hall–Kier alpha value is -3.00. The second-order valence-corrected chi connectivity index (χ2v) is 7.92. The Balaban J connectivity index is 1.84. The van der Waals surface area contributed by atoms with Gasteiger partial charge in [0.05, 0.1) is 17.2 Å². The van der Waals surface area contributed by atoms with E-state index in [9.17, 15) is 9.90 Å². The number of nitrogen functional groups attached to an aromatic ring is 1. The zero-order valence-electron chi connectivity index (χ0n) is 16.7. The van der Waals surface area contributed by atoms with Crippen molar-refractivity contribution in [2.75, 3.05) is 11.1 Å². The zero-order chi connectivity index (χ0) is 20.5. The van der Waals surface area contributed by atoms with Crippen LogP contribution >= 0.6 is 0 Å². The van der Waals surface area contributed by atoms with Crippen molar-refractivity contribution < 1.29 is 5.11 Å². The number of anilines is 2. The zero-order valence-corrected chi connectivity index (χ0v) is 16.7. The number of nitrogens with zero attached hydrogens (tertiary/aromatic N) is 4. The molecule has 0 spiro atoms. The van der Waals surface area contributed by atoms with Gasteiger partial charge in [0.2, 0.25) is 5.95 Å². The average molecular weight is 394 g/mol. The second kappa shape index (κ2) is 7.79. The SMILES string of the molecule is CC(C)n1ccc2cc(-c3cnc(N)nc3)nc(NC3CCC(O)CC3)c2c1=O. The number of rotatable bonds is 4. The van der Waals surface area contributed by atoms with E-state index >= 15 is 0 Å². The number of aromatic nitrogens is 4. The largest absolute Gasteiger partial charge is 0.393 e. The summed E-state index contributed by atoms with van der Waals surface area (Å²) in [5.41, 5.74) is 6.95. The molecule has 3 heterocycles. The Bertz CT molecular complexity index is 1070. The van der Waals surface area contributed by atoms with Gasteiger partial charge in [-0.15, -0.1) is 0 Å². The fourth-order valence-corrected chi connectivity index (χ4v) is 3.82. The van der Waals surface area contributed by atoms with Gasteiger partial charge in [0, 0.05) is 36.2 Å². The normalized spacial score (nSPS) is 19.6. The summed E-state index contributed by atoms with van der Waals surface area (Å²) in [6, 6.07) is 4.04. The molecule has 0 atom stereocenters. The Morgan fingerprint density at radius 3 is 2.55 bits per heavy atom. The predicted octanol–water partition coefficient (Wildman–Crippen LogP) is 2.73. The molecule has 4 rings (SSSR count). The number of aliphatic hydroxyl groups is 1. The molecule has 0 unspecified atom stereocenters. The maximum absolute atomic E-state index is 13.2. The van der Waals surface area contributed by atoms with E-state index in [0.717, 1.165) is 36.6 Å². The summed E-state index contributed by atoms with van der Waals surface area (Å²) in [5.74, 6) is 0.768. The number of pyridine rings is 2. The van der Waals surface area contributed by atoms with Crippen molar-refractivity contribution in [1.82, 2.24) is 19.5 Å². The van der Waals surface area contributed by atoms with Crippen LogP contribution in [0, 0.1) is 0 Å². The Morgan fingerprint density at radius 1 is 1.21 bits per heavy atom. The first-order valence-corrected chi connectivity index (χ1v) is 10.0. The number of fused-ring (bicyclic) bond motifs is 1. The minimum Gasteiger partial charge on any atom is -0.393 e. The molecular weight excluding hydrogens is 368 g/mol. The molecule has 0 amide bonds. The van der Waals surface area contributed by atoms with Crippen LogP contribution in [0.2, 0.25) is 0 Å². The van der Waals surface area contributed by atoms with E-state index in [-0.39, 0.29) is 29.7 Å². The number of nitrogens with two attached hydrogens (primary N) is 1. The summed E-state index contributed by atoms with van der Waals surface area (Å²) in [5, 5.41) is 14.7. The molecule has 3 aromatic heterocycles. The van der Waals surface area contributed by atoms with Gasteiger partial charge in [-0.05, 0) is 57.0 Å².